The van der Waals surface area contributed by atoms with Gasteiger partial charge in [-0.05, 0) is 49.9 Å². The van der Waals surface area contributed by atoms with E-state index >= 15 is 0 Å². The molecule has 1 fully saturated rings. The van der Waals surface area contributed by atoms with Gasteiger partial charge in [-0.25, -0.2) is 0 Å². The van der Waals surface area contributed by atoms with E-state index in [1.165, 1.54) is 12.8 Å². The van der Waals surface area contributed by atoms with Crippen LogP contribution in [0.5, 0.6) is 5.75 Å². The van der Waals surface area contributed by atoms with Crippen molar-refractivity contribution < 1.29 is 14.1 Å². The number of aryl methyl sites for hydroxylation is 1. The number of carbonyl (C=O) groups is 1. The Bertz CT molecular complexity index is 920. The van der Waals surface area contributed by atoms with Gasteiger partial charge in [0.2, 0.25) is 17.6 Å². The maximum atomic E-state index is 12.3. The van der Waals surface area contributed by atoms with Crippen molar-refractivity contribution in [1.82, 2.24) is 15.1 Å². The van der Waals surface area contributed by atoms with E-state index < -0.39 is 0 Å². The average Bonchev–Trinajstić information content (AvgIpc) is 3.39. The van der Waals surface area contributed by atoms with Gasteiger partial charge in [0.15, 0.2) is 0 Å². The largest absolute Gasteiger partial charge is 0.490 e. The summed E-state index contributed by atoms with van der Waals surface area (Å²) < 4.78 is 11.2. The van der Waals surface area contributed by atoms with Crippen molar-refractivity contribution in [2.24, 2.45) is 0 Å². The van der Waals surface area contributed by atoms with Crippen LogP contribution in [0.15, 0.2) is 53.3 Å². The molecule has 1 N–H and O–H groups in total. The van der Waals surface area contributed by atoms with Gasteiger partial charge in [-0.15, -0.1) is 0 Å². The first-order valence-electron chi connectivity index (χ1n) is 9.56. The number of aromatic nitrogens is 3. The molecule has 0 unspecified atom stereocenters. The zero-order valence-corrected chi connectivity index (χ0v) is 15.5. The Hall–Kier alpha value is -3.22. The number of amides is 1. The van der Waals surface area contributed by atoms with Crippen LogP contribution < -0.4 is 10.1 Å². The van der Waals surface area contributed by atoms with Crippen LogP contribution in [0.1, 0.15) is 38.0 Å². The van der Waals surface area contributed by atoms with Gasteiger partial charge in [0.25, 0.3) is 0 Å². The normalized spacial score (nSPS) is 14.1. The van der Waals surface area contributed by atoms with E-state index in [0.717, 1.165) is 29.8 Å². The van der Waals surface area contributed by atoms with Gasteiger partial charge < -0.3 is 14.6 Å². The number of nitrogens with one attached hydrogen (secondary N) is 1. The van der Waals surface area contributed by atoms with Gasteiger partial charge in [-0.3, -0.25) is 9.78 Å². The number of ether oxygens (including phenoxy) is 1. The zero-order chi connectivity index (χ0) is 19.2. The SMILES string of the molecule is O=C(CCc1nc(-c2ccncc2)no1)Nc1cccc(OC2CCCC2)c1. The summed E-state index contributed by atoms with van der Waals surface area (Å²) in [5.41, 5.74) is 1.55. The Labute approximate surface area is 163 Å². The molecule has 1 aromatic carbocycles. The lowest BCUT2D eigenvalue weighted by molar-refractivity contribution is -0.116. The van der Waals surface area contributed by atoms with Crippen LogP contribution in [-0.4, -0.2) is 27.1 Å². The molecule has 2 aromatic heterocycles. The van der Waals surface area contributed by atoms with Crippen molar-refractivity contribution >= 4 is 11.6 Å². The summed E-state index contributed by atoms with van der Waals surface area (Å²) in [6.45, 7) is 0. The molecule has 0 aliphatic heterocycles. The van der Waals surface area contributed by atoms with Crippen LogP contribution in [0.4, 0.5) is 5.69 Å². The van der Waals surface area contributed by atoms with E-state index in [2.05, 4.69) is 20.4 Å². The number of rotatable bonds is 7. The number of carbonyl (C=O) groups excluding carboxylic acids is 1. The molecule has 7 nitrogen and oxygen atoms in total. The quantitative estimate of drug-likeness (QED) is 0.668. The molecular formula is C21H22N4O3. The first-order valence-corrected chi connectivity index (χ1v) is 9.56. The Balaban J connectivity index is 1.29. The number of pyridine rings is 1. The fraction of sp³-hybridized carbons (Fsp3) is 0.333. The second-order valence-corrected chi connectivity index (χ2v) is 6.85. The maximum absolute atomic E-state index is 12.3. The predicted octanol–water partition coefficient (Wildman–Crippen LogP) is 4.02. The Morgan fingerprint density at radius 1 is 1.18 bits per heavy atom. The molecule has 28 heavy (non-hydrogen) atoms. The predicted molar refractivity (Wildman–Crippen MR) is 104 cm³/mol. The lowest BCUT2D eigenvalue weighted by Crippen LogP contribution is -2.13. The van der Waals surface area contributed by atoms with Crippen molar-refractivity contribution in [3.05, 3.63) is 54.7 Å². The van der Waals surface area contributed by atoms with Crippen LogP contribution in [0.3, 0.4) is 0 Å². The van der Waals surface area contributed by atoms with Gasteiger partial charge in [-0.1, -0.05) is 11.2 Å². The summed E-state index contributed by atoms with van der Waals surface area (Å²) >= 11 is 0. The monoisotopic (exact) mass is 378 g/mol. The lowest BCUT2D eigenvalue weighted by atomic mass is 10.2. The molecule has 3 aromatic rings. The molecule has 7 heteroatoms. The highest BCUT2D eigenvalue weighted by molar-refractivity contribution is 5.90. The van der Waals surface area contributed by atoms with Gasteiger partial charge in [-0.2, -0.15) is 4.98 Å². The molecule has 2 heterocycles. The molecule has 0 bridgehead atoms. The number of benzene rings is 1. The molecule has 0 radical (unpaired) electrons. The van der Waals surface area contributed by atoms with E-state index in [9.17, 15) is 4.79 Å². The van der Waals surface area contributed by atoms with E-state index in [1.54, 1.807) is 12.4 Å². The van der Waals surface area contributed by atoms with Crippen LogP contribution in [-0.2, 0) is 11.2 Å². The highest BCUT2D eigenvalue weighted by atomic mass is 16.5. The molecule has 0 atom stereocenters. The Kier molecular flexibility index (Phi) is 5.61. The van der Waals surface area contributed by atoms with Crippen LogP contribution in [0, 0.1) is 0 Å². The minimum Gasteiger partial charge on any atom is -0.490 e. The molecule has 0 saturated heterocycles. The highest BCUT2D eigenvalue weighted by Gasteiger charge is 2.16. The van der Waals surface area contributed by atoms with Crippen LogP contribution in [0.25, 0.3) is 11.4 Å². The second-order valence-electron chi connectivity index (χ2n) is 6.85. The van der Waals surface area contributed by atoms with E-state index in [4.69, 9.17) is 9.26 Å². The maximum Gasteiger partial charge on any atom is 0.227 e. The number of hydrogen-bond acceptors (Lipinski definition) is 6. The minimum absolute atomic E-state index is 0.110. The standard InChI is InChI=1S/C21H22N4O3/c26-19(8-9-20-24-21(25-28-20)15-10-12-22-13-11-15)23-16-4-3-7-18(14-16)27-17-5-1-2-6-17/h3-4,7,10-14,17H,1-2,5-6,8-9H2,(H,23,26). The molecular weight excluding hydrogens is 356 g/mol. The third kappa shape index (κ3) is 4.73. The molecule has 1 amide bonds. The topological polar surface area (TPSA) is 90.1 Å². The molecule has 1 saturated carbocycles. The molecule has 0 spiro atoms. The first kappa shape index (κ1) is 18.2. The number of nitrogens with zero attached hydrogens (tertiary/aromatic N) is 3. The first-order chi connectivity index (χ1) is 13.8. The van der Waals surface area contributed by atoms with Crippen molar-refractivity contribution in [2.45, 2.75) is 44.6 Å². The van der Waals surface area contributed by atoms with E-state index in [-0.39, 0.29) is 18.4 Å². The van der Waals surface area contributed by atoms with Gasteiger partial charge in [0, 0.05) is 42.6 Å². The summed E-state index contributed by atoms with van der Waals surface area (Å²) in [5, 5.41) is 6.85. The summed E-state index contributed by atoms with van der Waals surface area (Å²) in [5.74, 6) is 1.61. The molecule has 4 rings (SSSR count). The van der Waals surface area contributed by atoms with Crippen molar-refractivity contribution in [3.63, 3.8) is 0 Å². The average molecular weight is 378 g/mol. The fourth-order valence-corrected chi connectivity index (χ4v) is 3.26. The molecule has 144 valence electrons. The number of anilines is 1. The third-order valence-electron chi connectivity index (χ3n) is 4.70. The van der Waals surface area contributed by atoms with E-state index in [1.807, 2.05) is 36.4 Å². The van der Waals surface area contributed by atoms with E-state index in [0.29, 0.717) is 18.1 Å². The summed E-state index contributed by atoms with van der Waals surface area (Å²) in [7, 11) is 0. The van der Waals surface area contributed by atoms with Crippen molar-refractivity contribution in [3.8, 4) is 17.1 Å². The Morgan fingerprint density at radius 3 is 2.82 bits per heavy atom. The summed E-state index contributed by atoms with van der Waals surface area (Å²) in [4.78, 5) is 20.6. The fourth-order valence-electron chi connectivity index (χ4n) is 3.26. The summed E-state index contributed by atoms with van der Waals surface area (Å²) in [6, 6.07) is 11.1. The van der Waals surface area contributed by atoms with Gasteiger partial charge in [0.05, 0.1) is 6.10 Å². The lowest BCUT2D eigenvalue weighted by Gasteiger charge is -2.14. The second kappa shape index (κ2) is 8.65. The molecule has 1 aliphatic rings. The Morgan fingerprint density at radius 2 is 2.00 bits per heavy atom. The third-order valence-corrected chi connectivity index (χ3v) is 4.70. The van der Waals surface area contributed by atoms with Gasteiger partial charge >= 0.3 is 0 Å². The van der Waals surface area contributed by atoms with Gasteiger partial charge in [0.1, 0.15) is 5.75 Å². The van der Waals surface area contributed by atoms with Crippen molar-refractivity contribution in [2.75, 3.05) is 5.32 Å². The van der Waals surface area contributed by atoms with Crippen LogP contribution >= 0.6 is 0 Å². The summed E-state index contributed by atoms with van der Waals surface area (Å²) in [6.07, 6.45) is 8.91. The number of hydrogen-bond donors (Lipinski definition) is 1. The highest BCUT2D eigenvalue weighted by Crippen LogP contribution is 2.26. The van der Waals surface area contributed by atoms with Crippen LogP contribution in [0.2, 0.25) is 0 Å². The molecule has 1 aliphatic carbocycles. The van der Waals surface area contributed by atoms with Crippen molar-refractivity contribution in [1.29, 1.82) is 0 Å². The zero-order valence-electron chi connectivity index (χ0n) is 15.5. The smallest absolute Gasteiger partial charge is 0.227 e. The minimum atomic E-state index is -0.110.